The van der Waals surface area contributed by atoms with Gasteiger partial charge in [-0.05, 0) is 79.7 Å². The van der Waals surface area contributed by atoms with Gasteiger partial charge in [0.05, 0.1) is 5.56 Å². The van der Waals surface area contributed by atoms with Gasteiger partial charge in [0.25, 0.3) is 5.91 Å². The molecule has 0 aliphatic rings. The highest BCUT2D eigenvalue weighted by molar-refractivity contribution is 7.80. The number of phenols is 1. The second-order valence-electron chi connectivity index (χ2n) is 7.10. The highest BCUT2D eigenvalue weighted by Crippen LogP contribution is 2.34. The zero-order chi connectivity index (χ0) is 22.1. The Morgan fingerprint density at radius 1 is 1.13 bits per heavy atom. The number of benzene rings is 3. The number of aryl methyl sites for hydroxylation is 2. The minimum atomic E-state index is -0.541. The van der Waals surface area contributed by atoms with E-state index >= 15 is 0 Å². The second-order valence-corrected chi connectivity index (χ2v) is 7.51. The maximum atomic E-state index is 13.3. The van der Waals surface area contributed by atoms with E-state index < -0.39 is 11.7 Å². The molecule has 3 N–H and O–H groups in total. The molecule has 1 heterocycles. The fourth-order valence-corrected chi connectivity index (χ4v) is 3.45. The number of carbonyl (C=O) groups is 1. The Bertz CT molecular complexity index is 1330. The van der Waals surface area contributed by atoms with E-state index in [2.05, 4.69) is 15.6 Å². The third kappa shape index (κ3) is 4.39. The molecule has 0 aliphatic carbocycles. The quantitative estimate of drug-likeness (QED) is 0.307. The summed E-state index contributed by atoms with van der Waals surface area (Å²) >= 11 is 5.18. The predicted octanol–water partition coefficient (Wildman–Crippen LogP) is 5.08. The van der Waals surface area contributed by atoms with Gasteiger partial charge in [0.1, 0.15) is 17.1 Å². The third-order valence-corrected chi connectivity index (χ3v) is 4.82. The third-order valence-electron chi connectivity index (χ3n) is 4.62. The lowest BCUT2D eigenvalue weighted by Gasteiger charge is -2.11. The van der Waals surface area contributed by atoms with Crippen molar-refractivity contribution in [1.82, 2.24) is 10.3 Å². The number of thiocarbonyl (C=S) groups is 1. The number of aromatic nitrogens is 1. The number of amides is 1. The molecule has 156 valence electrons. The first-order valence-electron chi connectivity index (χ1n) is 9.39. The Balaban J connectivity index is 1.56. The molecule has 6 nitrogen and oxygen atoms in total. The second kappa shape index (κ2) is 8.16. The van der Waals surface area contributed by atoms with Crippen LogP contribution in [0, 0.1) is 19.7 Å². The number of nitrogens with zero attached hydrogens (tertiary/aromatic N) is 1. The first kappa shape index (κ1) is 20.5. The summed E-state index contributed by atoms with van der Waals surface area (Å²) in [6.45, 7) is 3.91. The fraction of sp³-hybridized carbons (Fsp3) is 0.0870. The SMILES string of the molecule is Cc1cc(C)c2oc(-c3cc(NC(=S)NC(=O)c4cccc(F)c4)ccc3O)nc2c1. The Kier molecular flexibility index (Phi) is 5.39. The van der Waals surface area contributed by atoms with Crippen molar-refractivity contribution in [2.24, 2.45) is 0 Å². The van der Waals surface area contributed by atoms with Gasteiger partial charge in [-0.25, -0.2) is 9.37 Å². The van der Waals surface area contributed by atoms with Crippen LogP contribution in [0.4, 0.5) is 10.1 Å². The Hall–Kier alpha value is -3.78. The van der Waals surface area contributed by atoms with Crippen LogP contribution in [0.25, 0.3) is 22.6 Å². The van der Waals surface area contributed by atoms with Gasteiger partial charge in [0.15, 0.2) is 10.7 Å². The molecule has 0 radical (unpaired) electrons. The van der Waals surface area contributed by atoms with Crippen molar-refractivity contribution in [1.29, 1.82) is 0 Å². The summed E-state index contributed by atoms with van der Waals surface area (Å²) in [5, 5.41) is 15.7. The molecule has 0 bridgehead atoms. The lowest BCUT2D eigenvalue weighted by molar-refractivity contribution is 0.0977. The van der Waals surface area contributed by atoms with Crippen molar-refractivity contribution in [2.75, 3.05) is 5.32 Å². The zero-order valence-corrected chi connectivity index (χ0v) is 17.5. The molecule has 0 fully saturated rings. The summed E-state index contributed by atoms with van der Waals surface area (Å²) in [5.74, 6) is -0.806. The molecule has 0 unspecified atom stereocenters. The van der Waals surface area contributed by atoms with Crippen LogP contribution in [0.1, 0.15) is 21.5 Å². The number of aromatic hydroxyl groups is 1. The Labute approximate surface area is 182 Å². The van der Waals surface area contributed by atoms with Crippen molar-refractivity contribution in [3.8, 4) is 17.2 Å². The average Bonchev–Trinajstić information content (AvgIpc) is 3.13. The van der Waals surface area contributed by atoms with Crippen LogP contribution in [0.3, 0.4) is 0 Å². The van der Waals surface area contributed by atoms with Crippen LogP contribution in [0.5, 0.6) is 5.75 Å². The van der Waals surface area contributed by atoms with Crippen LogP contribution in [-0.4, -0.2) is 21.1 Å². The normalized spacial score (nSPS) is 10.8. The molecule has 1 amide bonds. The number of nitrogens with one attached hydrogen (secondary N) is 2. The number of anilines is 1. The largest absolute Gasteiger partial charge is 0.507 e. The molecule has 0 aliphatic heterocycles. The van der Waals surface area contributed by atoms with E-state index in [9.17, 15) is 14.3 Å². The summed E-state index contributed by atoms with van der Waals surface area (Å²) in [5.41, 5.74) is 4.38. The molecule has 4 rings (SSSR count). The standard InChI is InChI=1S/C23H18FN3O3S/c1-12-8-13(2)20-18(9-12)26-22(30-20)17-11-16(6-7-19(17)28)25-23(31)27-21(29)14-4-3-5-15(24)10-14/h3-11,28H,1-2H3,(H2,25,27,29,31). The lowest BCUT2D eigenvalue weighted by Crippen LogP contribution is -2.34. The molecule has 0 saturated heterocycles. The van der Waals surface area contributed by atoms with Crippen molar-refractivity contribution in [3.63, 3.8) is 0 Å². The minimum Gasteiger partial charge on any atom is -0.507 e. The molecule has 3 aromatic carbocycles. The number of hydrogen-bond acceptors (Lipinski definition) is 5. The van der Waals surface area contributed by atoms with Crippen molar-refractivity contribution in [2.45, 2.75) is 13.8 Å². The van der Waals surface area contributed by atoms with Crippen LogP contribution in [-0.2, 0) is 0 Å². The number of halogens is 1. The maximum Gasteiger partial charge on any atom is 0.257 e. The molecule has 31 heavy (non-hydrogen) atoms. The van der Waals surface area contributed by atoms with E-state index in [0.717, 1.165) is 17.2 Å². The average molecular weight is 435 g/mol. The van der Waals surface area contributed by atoms with Gasteiger partial charge in [0, 0.05) is 11.3 Å². The molecular weight excluding hydrogens is 417 g/mol. The Morgan fingerprint density at radius 3 is 2.71 bits per heavy atom. The van der Waals surface area contributed by atoms with Gasteiger partial charge in [-0.3, -0.25) is 10.1 Å². The van der Waals surface area contributed by atoms with Crippen molar-refractivity contribution >= 4 is 40.0 Å². The first-order valence-corrected chi connectivity index (χ1v) is 9.80. The maximum absolute atomic E-state index is 13.3. The van der Waals surface area contributed by atoms with E-state index in [4.69, 9.17) is 16.6 Å². The summed E-state index contributed by atoms with van der Waals surface area (Å²) in [7, 11) is 0. The number of fused-ring (bicyclic) bond motifs is 1. The van der Waals surface area contributed by atoms with Crippen molar-refractivity contribution < 1.29 is 18.7 Å². The van der Waals surface area contributed by atoms with Gasteiger partial charge in [-0.15, -0.1) is 0 Å². The highest BCUT2D eigenvalue weighted by atomic mass is 32.1. The lowest BCUT2D eigenvalue weighted by atomic mass is 10.1. The summed E-state index contributed by atoms with van der Waals surface area (Å²) in [4.78, 5) is 16.7. The van der Waals surface area contributed by atoms with Crippen LogP contribution >= 0.6 is 12.2 Å². The van der Waals surface area contributed by atoms with Crippen molar-refractivity contribution in [3.05, 3.63) is 77.1 Å². The van der Waals surface area contributed by atoms with Crippen LogP contribution in [0.15, 0.2) is 59.0 Å². The van der Waals surface area contributed by atoms with Crippen LogP contribution < -0.4 is 10.6 Å². The van der Waals surface area contributed by atoms with E-state index in [0.29, 0.717) is 22.4 Å². The molecule has 0 saturated carbocycles. The van der Waals surface area contributed by atoms with Gasteiger partial charge < -0.3 is 14.8 Å². The number of rotatable bonds is 3. The molecule has 0 atom stereocenters. The van der Waals surface area contributed by atoms with Gasteiger partial charge in [-0.2, -0.15) is 0 Å². The molecule has 1 aromatic heterocycles. The number of hydrogen-bond donors (Lipinski definition) is 3. The number of carbonyl (C=O) groups excluding carboxylic acids is 1. The fourth-order valence-electron chi connectivity index (χ4n) is 3.24. The minimum absolute atomic E-state index is 0.0128. The molecular formula is C23H18FN3O3S. The van der Waals surface area contributed by atoms with E-state index in [1.807, 2.05) is 26.0 Å². The number of phenolic OH excluding ortho intramolecular Hbond substituents is 1. The first-order chi connectivity index (χ1) is 14.8. The van der Waals surface area contributed by atoms with E-state index in [1.54, 1.807) is 12.1 Å². The van der Waals surface area contributed by atoms with Gasteiger partial charge in [0.2, 0.25) is 5.89 Å². The van der Waals surface area contributed by atoms with E-state index in [-0.39, 0.29) is 22.3 Å². The smallest absolute Gasteiger partial charge is 0.257 e. The van der Waals surface area contributed by atoms with Crippen LogP contribution in [0.2, 0.25) is 0 Å². The molecule has 8 heteroatoms. The molecule has 0 spiro atoms. The van der Waals surface area contributed by atoms with Gasteiger partial charge in [-0.1, -0.05) is 12.1 Å². The zero-order valence-electron chi connectivity index (χ0n) is 16.7. The van der Waals surface area contributed by atoms with E-state index in [1.165, 1.54) is 24.3 Å². The predicted molar refractivity (Wildman–Crippen MR) is 121 cm³/mol. The molecule has 4 aromatic rings. The monoisotopic (exact) mass is 435 g/mol. The Morgan fingerprint density at radius 2 is 1.94 bits per heavy atom. The summed E-state index contributed by atoms with van der Waals surface area (Å²) in [6, 6.07) is 13.9. The van der Waals surface area contributed by atoms with Gasteiger partial charge >= 0.3 is 0 Å². The highest BCUT2D eigenvalue weighted by Gasteiger charge is 2.16. The topological polar surface area (TPSA) is 87.4 Å². The summed E-state index contributed by atoms with van der Waals surface area (Å²) in [6.07, 6.45) is 0. The summed E-state index contributed by atoms with van der Waals surface area (Å²) < 4.78 is 19.2. The number of oxazole rings is 1.